The van der Waals surface area contributed by atoms with Crippen molar-refractivity contribution in [2.24, 2.45) is 29.6 Å². The standard InChI is InChI=1S/C19H22N2O4S/c1-9-2-5-13-12(6-9)8-14(26-13)17(22)20-21-18(23)15-10-3-4-11(7-10)16(15)19(24)25/h3-4,8-11,15-16H,2,5-7H2,1H3,(H,20,22)(H,21,23)(H,24,25)/t9-,10+,11+,15+,16-/m1/s1. The first-order valence-electron chi connectivity index (χ1n) is 9.07. The molecule has 0 radical (unpaired) electrons. The number of aliphatic carboxylic acids is 1. The third-order valence-electron chi connectivity index (χ3n) is 5.90. The lowest BCUT2D eigenvalue weighted by atomic mass is 9.82. The predicted molar refractivity (Wildman–Crippen MR) is 96.5 cm³/mol. The topological polar surface area (TPSA) is 95.5 Å². The maximum atomic E-state index is 12.5. The monoisotopic (exact) mass is 374 g/mol. The third kappa shape index (κ3) is 2.94. The molecule has 1 saturated carbocycles. The van der Waals surface area contributed by atoms with Crippen LogP contribution in [0.4, 0.5) is 0 Å². The molecule has 26 heavy (non-hydrogen) atoms. The van der Waals surface area contributed by atoms with Gasteiger partial charge in [-0.2, -0.15) is 0 Å². The van der Waals surface area contributed by atoms with E-state index in [9.17, 15) is 19.5 Å². The summed E-state index contributed by atoms with van der Waals surface area (Å²) >= 11 is 1.48. The average molecular weight is 374 g/mol. The van der Waals surface area contributed by atoms with Gasteiger partial charge in [-0.15, -0.1) is 11.3 Å². The van der Waals surface area contributed by atoms with Crippen molar-refractivity contribution >= 4 is 29.1 Å². The number of hydrogen-bond acceptors (Lipinski definition) is 4. The summed E-state index contributed by atoms with van der Waals surface area (Å²) in [5, 5.41) is 9.43. The van der Waals surface area contributed by atoms with Crippen molar-refractivity contribution in [3.05, 3.63) is 33.5 Å². The van der Waals surface area contributed by atoms with Crippen LogP contribution in [0.5, 0.6) is 0 Å². The number of nitrogens with one attached hydrogen (secondary N) is 2. The Labute approximate surface area is 155 Å². The molecule has 0 aromatic carbocycles. The van der Waals surface area contributed by atoms with E-state index in [2.05, 4.69) is 17.8 Å². The summed E-state index contributed by atoms with van der Waals surface area (Å²) in [4.78, 5) is 38.2. The second kappa shape index (κ2) is 6.54. The Morgan fingerprint density at radius 2 is 1.88 bits per heavy atom. The van der Waals surface area contributed by atoms with Gasteiger partial charge in [0.15, 0.2) is 0 Å². The van der Waals surface area contributed by atoms with E-state index in [1.54, 1.807) is 0 Å². The first-order chi connectivity index (χ1) is 12.4. The molecule has 1 heterocycles. The Morgan fingerprint density at radius 3 is 2.62 bits per heavy atom. The van der Waals surface area contributed by atoms with Crippen LogP contribution in [-0.2, 0) is 22.4 Å². The van der Waals surface area contributed by atoms with Crippen molar-refractivity contribution < 1.29 is 19.5 Å². The number of carbonyl (C=O) groups excluding carboxylic acids is 2. The van der Waals surface area contributed by atoms with Gasteiger partial charge in [-0.05, 0) is 55.1 Å². The number of carbonyl (C=O) groups is 3. The number of thiophene rings is 1. The van der Waals surface area contributed by atoms with Crippen LogP contribution in [0.3, 0.4) is 0 Å². The molecule has 5 atom stereocenters. The highest BCUT2D eigenvalue weighted by molar-refractivity contribution is 7.14. The van der Waals surface area contributed by atoms with E-state index < -0.39 is 23.7 Å². The minimum absolute atomic E-state index is 0.0615. The van der Waals surface area contributed by atoms with E-state index in [0.29, 0.717) is 17.2 Å². The van der Waals surface area contributed by atoms with Crippen molar-refractivity contribution in [3.63, 3.8) is 0 Å². The van der Waals surface area contributed by atoms with E-state index in [1.165, 1.54) is 21.8 Å². The van der Waals surface area contributed by atoms with Gasteiger partial charge in [-0.25, -0.2) is 0 Å². The molecule has 1 fully saturated rings. The van der Waals surface area contributed by atoms with Crippen molar-refractivity contribution in [1.29, 1.82) is 0 Å². The van der Waals surface area contributed by atoms with Crippen LogP contribution >= 0.6 is 11.3 Å². The second-order valence-electron chi connectivity index (χ2n) is 7.69. The molecule has 2 amide bonds. The average Bonchev–Trinajstić information content (AvgIpc) is 3.31. The summed E-state index contributed by atoms with van der Waals surface area (Å²) in [5.74, 6) is -2.56. The zero-order valence-electron chi connectivity index (χ0n) is 14.5. The molecule has 138 valence electrons. The van der Waals surface area contributed by atoms with Gasteiger partial charge in [-0.1, -0.05) is 19.1 Å². The molecule has 1 aromatic heterocycles. The molecule has 6 nitrogen and oxygen atoms in total. The van der Waals surface area contributed by atoms with Crippen molar-refractivity contribution in [2.75, 3.05) is 0 Å². The van der Waals surface area contributed by atoms with Crippen LogP contribution < -0.4 is 10.9 Å². The van der Waals surface area contributed by atoms with Gasteiger partial charge in [0, 0.05) is 4.88 Å². The highest BCUT2D eigenvalue weighted by atomic mass is 32.1. The van der Waals surface area contributed by atoms with Crippen molar-refractivity contribution in [1.82, 2.24) is 10.9 Å². The number of allylic oxidation sites excluding steroid dienone is 2. The summed E-state index contributed by atoms with van der Waals surface area (Å²) in [5.41, 5.74) is 6.15. The molecule has 0 spiro atoms. The predicted octanol–water partition coefficient (Wildman–Crippen LogP) is 2.16. The quantitative estimate of drug-likeness (QED) is 0.558. The third-order valence-corrected chi connectivity index (χ3v) is 7.14. The minimum Gasteiger partial charge on any atom is -0.481 e. The van der Waals surface area contributed by atoms with E-state index in [0.717, 1.165) is 19.3 Å². The van der Waals surface area contributed by atoms with Gasteiger partial charge in [0.05, 0.1) is 16.7 Å². The first-order valence-corrected chi connectivity index (χ1v) is 9.88. The van der Waals surface area contributed by atoms with Crippen LogP contribution in [0.2, 0.25) is 0 Å². The normalized spacial score (nSPS) is 31.5. The van der Waals surface area contributed by atoms with E-state index in [-0.39, 0.29) is 17.7 Å². The lowest BCUT2D eigenvalue weighted by Crippen LogP contribution is -2.48. The molecule has 1 aromatic rings. The van der Waals surface area contributed by atoms with Crippen LogP contribution in [0.25, 0.3) is 0 Å². The number of carboxylic acids is 1. The Morgan fingerprint density at radius 1 is 1.15 bits per heavy atom. The van der Waals surface area contributed by atoms with Gasteiger partial charge >= 0.3 is 5.97 Å². The summed E-state index contributed by atoms with van der Waals surface area (Å²) in [6, 6.07) is 1.91. The van der Waals surface area contributed by atoms with Crippen LogP contribution in [-0.4, -0.2) is 22.9 Å². The molecule has 3 aliphatic carbocycles. The summed E-state index contributed by atoms with van der Waals surface area (Å²) in [6.07, 6.45) is 7.63. The molecule has 4 rings (SSSR count). The van der Waals surface area contributed by atoms with Gasteiger partial charge in [0.2, 0.25) is 5.91 Å². The number of carboxylic acid groups (broad SMARTS) is 1. The Hall–Kier alpha value is -2.15. The van der Waals surface area contributed by atoms with E-state index in [4.69, 9.17) is 0 Å². The largest absolute Gasteiger partial charge is 0.481 e. The number of amides is 2. The molecular weight excluding hydrogens is 352 g/mol. The van der Waals surface area contributed by atoms with Crippen LogP contribution in [0, 0.1) is 29.6 Å². The van der Waals surface area contributed by atoms with Gasteiger partial charge in [0.1, 0.15) is 0 Å². The van der Waals surface area contributed by atoms with Crippen LogP contribution in [0.1, 0.15) is 39.9 Å². The van der Waals surface area contributed by atoms with Gasteiger partial charge in [-0.3, -0.25) is 25.2 Å². The SMILES string of the molecule is C[C@@H]1CCc2sc(C(=O)NNC(=O)[C@@H]3[C@H](C(=O)O)[C@H]4C=C[C@H]3C4)cc2C1. The van der Waals surface area contributed by atoms with E-state index >= 15 is 0 Å². The first kappa shape index (κ1) is 17.3. The highest BCUT2D eigenvalue weighted by Crippen LogP contribution is 2.48. The smallest absolute Gasteiger partial charge is 0.307 e. The molecular formula is C19H22N2O4S. The maximum absolute atomic E-state index is 12.5. The number of hydrazine groups is 1. The lowest BCUT2D eigenvalue weighted by Gasteiger charge is -2.23. The second-order valence-corrected chi connectivity index (χ2v) is 8.83. The molecule has 7 heteroatoms. The minimum atomic E-state index is -0.951. The summed E-state index contributed by atoms with van der Waals surface area (Å²) < 4.78 is 0. The zero-order chi connectivity index (χ0) is 18.4. The molecule has 0 saturated heterocycles. The fraction of sp³-hybridized carbons (Fsp3) is 0.526. The molecule has 2 bridgehead atoms. The molecule has 3 N–H and O–H groups in total. The number of hydrogen-bond donors (Lipinski definition) is 3. The Kier molecular flexibility index (Phi) is 4.34. The molecule has 0 unspecified atom stereocenters. The molecule has 0 aliphatic heterocycles. The molecule has 3 aliphatic rings. The van der Waals surface area contributed by atoms with Gasteiger partial charge in [0.25, 0.3) is 5.91 Å². The summed E-state index contributed by atoms with van der Waals surface area (Å²) in [6.45, 7) is 2.21. The fourth-order valence-corrected chi connectivity index (χ4v) is 5.70. The highest BCUT2D eigenvalue weighted by Gasteiger charge is 2.51. The fourth-order valence-electron chi connectivity index (χ4n) is 4.60. The number of rotatable bonds is 3. The van der Waals surface area contributed by atoms with Crippen LogP contribution in [0.15, 0.2) is 18.2 Å². The zero-order valence-corrected chi connectivity index (χ0v) is 15.3. The van der Waals surface area contributed by atoms with Crippen molar-refractivity contribution in [2.45, 2.75) is 32.6 Å². The van der Waals surface area contributed by atoms with E-state index in [1.807, 2.05) is 18.2 Å². The summed E-state index contributed by atoms with van der Waals surface area (Å²) in [7, 11) is 0. The maximum Gasteiger partial charge on any atom is 0.307 e. The van der Waals surface area contributed by atoms with Gasteiger partial charge < -0.3 is 5.11 Å². The lowest BCUT2D eigenvalue weighted by molar-refractivity contribution is -0.148. The number of fused-ring (bicyclic) bond motifs is 3. The van der Waals surface area contributed by atoms with Crippen molar-refractivity contribution in [3.8, 4) is 0 Å². The number of aryl methyl sites for hydroxylation is 1. The Bertz CT molecular complexity index is 799. The Balaban J connectivity index is 1.40.